The minimum absolute atomic E-state index is 0.115. The largest absolute Gasteiger partial charge is 0.496 e. The Labute approximate surface area is 338 Å². The molecule has 0 aliphatic rings. The van der Waals surface area contributed by atoms with Gasteiger partial charge in [0.05, 0.1) is 157 Å². The second-order valence-electron chi connectivity index (χ2n) is 11.8. The smallest absolute Gasteiger partial charge is 0.338 e. The first-order valence-corrected chi connectivity index (χ1v) is 18.9. The number of thiophene rings is 1. The van der Waals surface area contributed by atoms with E-state index in [0.717, 1.165) is 11.1 Å². The van der Waals surface area contributed by atoms with Gasteiger partial charge in [-0.2, -0.15) is 0 Å². The van der Waals surface area contributed by atoms with Crippen LogP contribution in [0.3, 0.4) is 0 Å². The quantitative estimate of drug-likeness (QED) is 0.0645. The molecule has 0 atom stereocenters. The third-order valence-corrected chi connectivity index (χ3v) is 9.58. The van der Waals surface area contributed by atoms with Crippen LogP contribution in [0.2, 0.25) is 0 Å². The van der Waals surface area contributed by atoms with Crippen molar-refractivity contribution in [2.24, 2.45) is 0 Å². The average Bonchev–Trinajstić information content (AvgIpc) is 3.59. The lowest BCUT2D eigenvalue weighted by atomic mass is 9.98. The molecular formula is C40H56O16S. The molecule has 0 aliphatic heterocycles. The summed E-state index contributed by atoms with van der Waals surface area (Å²) in [6.07, 6.45) is 0. The van der Waals surface area contributed by atoms with Gasteiger partial charge in [-0.3, -0.25) is 0 Å². The number of ether oxygens (including phenoxy) is 14. The Kier molecular flexibility index (Phi) is 22.3. The van der Waals surface area contributed by atoms with Crippen LogP contribution in [-0.2, 0) is 60.6 Å². The van der Waals surface area contributed by atoms with Gasteiger partial charge in [0.25, 0.3) is 0 Å². The van der Waals surface area contributed by atoms with Crippen molar-refractivity contribution in [1.82, 2.24) is 0 Å². The molecule has 0 bridgehead atoms. The van der Waals surface area contributed by atoms with Gasteiger partial charge >= 0.3 is 11.9 Å². The van der Waals surface area contributed by atoms with E-state index in [-0.39, 0.29) is 37.6 Å². The monoisotopic (exact) mass is 824 g/mol. The van der Waals surface area contributed by atoms with Crippen LogP contribution in [0.25, 0.3) is 20.9 Å². The third kappa shape index (κ3) is 14.1. The van der Waals surface area contributed by atoms with Crippen molar-refractivity contribution in [3.63, 3.8) is 0 Å². The Hall–Kier alpha value is -4.04. The van der Waals surface area contributed by atoms with E-state index < -0.39 is 11.9 Å². The number of carbonyl (C=O) groups is 2. The van der Waals surface area contributed by atoms with Crippen molar-refractivity contribution in [1.29, 1.82) is 0 Å². The van der Waals surface area contributed by atoms with Gasteiger partial charge in [-0.1, -0.05) is 0 Å². The van der Waals surface area contributed by atoms with E-state index in [2.05, 4.69) is 0 Å². The highest BCUT2D eigenvalue weighted by Crippen LogP contribution is 2.53. The summed E-state index contributed by atoms with van der Waals surface area (Å²) in [5.41, 5.74) is 3.09. The summed E-state index contributed by atoms with van der Waals surface area (Å²) < 4.78 is 78.5. The van der Waals surface area contributed by atoms with E-state index in [9.17, 15) is 9.59 Å². The normalized spacial score (nSPS) is 11.1. The Morgan fingerprint density at radius 1 is 0.421 bits per heavy atom. The molecule has 0 fully saturated rings. The van der Waals surface area contributed by atoms with Gasteiger partial charge in [0.15, 0.2) is 0 Å². The molecule has 0 amide bonds. The Morgan fingerprint density at radius 2 is 0.702 bits per heavy atom. The van der Waals surface area contributed by atoms with Crippen LogP contribution in [0, 0.1) is 0 Å². The van der Waals surface area contributed by atoms with Gasteiger partial charge in [0.1, 0.15) is 23.0 Å². The average molecular weight is 825 g/mol. The predicted molar refractivity (Wildman–Crippen MR) is 210 cm³/mol. The van der Waals surface area contributed by atoms with E-state index in [1.54, 1.807) is 38.5 Å². The molecule has 0 aliphatic carbocycles. The topological polar surface area (TPSA) is 163 Å². The number of esters is 2. The van der Waals surface area contributed by atoms with Crippen LogP contribution in [-0.4, -0.2) is 148 Å². The summed E-state index contributed by atoms with van der Waals surface area (Å²) in [5, 5.41) is 0. The molecule has 1 aromatic heterocycles. The number of benzene rings is 2. The number of rotatable bonds is 30. The van der Waals surface area contributed by atoms with E-state index in [1.807, 2.05) is 0 Å². The molecule has 318 valence electrons. The second kappa shape index (κ2) is 26.8. The molecule has 1 heterocycles. The molecule has 0 saturated heterocycles. The third-order valence-electron chi connectivity index (χ3n) is 8.27. The molecule has 2 aromatic carbocycles. The first-order chi connectivity index (χ1) is 27.8. The maximum absolute atomic E-state index is 12.7. The van der Waals surface area contributed by atoms with Crippen molar-refractivity contribution in [3.8, 4) is 43.9 Å². The van der Waals surface area contributed by atoms with Gasteiger partial charge in [-0.05, 0) is 24.3 Å². The molecular weight excluding hydrogens is 768 g/mol. The molecule has 0 saturated carbocycles. The van der Waals surface area contributed by atoms with Crippen LogP contribution >= 0.6 is 11.3 Å². The first-order valence-electron chi connectivity index (χ1n) is 18.1. The summed E-state index contributed by atoms with van der Waals surface area (Å²) in [4.78, 5) is 26.7. The molecule has 57 heavy (non-hydrogen) atoms. The maximum Gasteiger partial charge on any atom is 0.338 e. The van der Waals surface area contributed by atoms with E-state index in [4.69, 9.17) is 66.3 Å². The minimum Gasteiger partial charge on any atom is -0.496 e. The zero-order chi connectivity index (χ0) is 41.4. The van der Waals surface area contributed by atoms with Crippen molar-refractivity contribution in [2.45, 2.75) is 13.2 Å². The Morgan fingerprint density at radius 3 is 0.965 bits per heavy atom. The summed E-state index contributed by atoms with van der Waals surface area (Å²) in [6.45, 7) is 4.99. The summed E-state index contributed by atoms with van der Waals surface area (Å²) in [5.74, 6) is 0.304. The molecule has 17 heteroatoms. The zero-order valence-electron chi connectivity index (χ0n) is 34.1. The van der Waals surface area contributed by atoms with Crippen LogP contribution < -0.4 is 18.9 Å². The first kappa shape index (κ1) is 47.3. The van der Waals surface area contributed by atoms with Crippen LogP contribution in [0.1, 0.15) is 31.8 Å². The summed E-state index contributed by atoms with van der Waals surface area (Å²) in [6, 6.07) is 6.37. The molecule has 0 N–H and O–H groups in total. The highest BCUT2D eigenvalue weighted by molar-refractivity contribution is 7.19. The van der Waals surface area contributed by atoms with Gasteiger partial charge in [-0.15, -0.1) is 11.3 Å². The highest BCUT2D eigenvalue weighted by Gasteiger charge is 2.30. The molecule has 0 radical (unpaired) electrons. The van der Waals surface area contributed by atoms with Crippen LogP contribution in [0.15, 0.2) is 24.3 Å². The van der Waals surface area contributed by atoms with Gasteiger partial charge in [-0.25, -0.2) is 9.59 Å². The Bertz CT molecular complexity index is 1490. The van der Waals surface area contributed by atoms with Gasteiger partial charge < -0.3 is 66.3 Å². The highest BCUT2D eigenvalue weighted by atomic mass is 32.1. The summed E-state index contributed by atoms with van der Waals surface area (Å²) >= 11 is 1.38. The molecule has 3 rings (SSSR count). The standard InChI is InChI=1S/C40H56O16S/c1-43-9-11-51-13-15-53-17-19-55-25-29-30(26-56-20-18-54-16-14-52-12-10-44-2)38(36-33(47-5)23-28(40(42)50-8)24-34(36)48-6)57-37(29)35-31(45-3)21-27(39(41)49-7)22-32(35)46-4/h21-24H,9-20,25-26H2,1-8H3. The molecule has 16 nitrogen and oxygen atoms in total. The fourth-order valence-electron chi connectivity index (χ4n) is 5.46. The minimum atomic E-state index is -0.560. The SMILES string of the molecule is COCCOCCOCCOCc1c(-c2c(OC)cc(C(=O)OC)cc2OC)sc(-c2c(OC)cc(C(=O)OC)cc2OC)c1COCCOCCOCCOC. The van der Waals surface area contributed by atoms with Crippen molar-refractivity contribution >= 4 is 23.3 Å². The van der Waals surface area contributed by atoms with E-state index in [0.29, 0.717) is 110 Å². The fraction of sp³-hybridized carbons (Fsp3) is 0.550. The van der Waals surface area contributed by atoms with E-state index in [1.165, 1.54) is 54.0 Å². The lowest BCUT2D eigenvalue weighted by Gasteiger charge is -2.17. The fourth-order valence-corrected chi connectivity index (χ4v) is 6.89. The molecule has 0 spiro atoms. The number of hydrogen-bond acceptors (Lipinski definition) is 17. The van der Waals surface area contributed by atoms with Gasteiger partial charge in [0, 0.05) is 35.1 Å². The lowest BCUT2D eigenvalue weighted by Crippen LogP contribution is -2.12. The maximum atomic E-state index is 12.7. The van der Waals surface area contributed by atoms with Crippen molar-refractivity contribution in [2.75, 3.05) is 136 Å². The van der Waals surface area contributed by atoms with Crippen molar-refractivity contribution < 1.29 is 75.9 Å². The summed E-state index contributed by atoms with van der Waals surface area (Å²) in [7, 11) is 11.9. The molecule has 0 unspecified atom stereocenters. The molecule has 3 aromatic rings. The number of methoxy groups -OCH3 is 8. The van der Waals surface area contributed by atoms with Crippen molar-refractivity contribution in [3.05, 3.63) is 46.5 Å². The van der Waals surface area contributed by atoms with Crippen LogP contribution in [0.4, 0.5) is 0 Å². The lowest BCUT2D eigenvalue weighted by molar-refractivity contribution is -0.00150. The second-order valence-corrected chi connectivity index (χ2v) is 12.8. The predicted octanol–water partition coefficient (Wildman–Crippen LogP) is 5.08. The van der Waals surface area contributed by atoms with E-state index >= 15 is 0 Å². The number of carbonyl (C=O) groups excluding carboxylic acids is 2. The Balaban J connectivity index is 2.13. The van der Waals surface area contributed by atoms with Gasteiger partial charge in [0.2, 0.25) is 0 Å². The number of hydrogen-bond donors (Lipinski definition) is 0. The van der Waals surface area contributed by atoms with Crippen LogP contribution in [0.5, 0.6) is 23.0 Å². The zero-order valence-corrected chi connectivity index (χ0v) is 35.0.